The number of carbonyl (C=O) groups is 2. The first kappa shape index (κ1) is 13.9. The minimum absolute atomic E-state index is 0.0718. The lowest BCUT2D eigenvalue weighted by Crippen LogP contribution is -2.54. The van der Waals surface area contributed by atoms with Crippen molar-refractivity contribution in [2.24, 2.45) is 0 Å². The van der Waals surface area contributed by atoms with E-state index in [1.807, 2.05) is 0 Å². The Bertz CT molecular complexity index is 232. The Labute approximate surface area is 89.0 Å². The maximum atomic E-state index is 10.9. The van der Waals surface area contributed by atoms with Crippen LogP contribution in [0.25, 0.3) is 0 Å². The lowest BCUT2D eigenvalue weighted by Gasteiger charge is -2.25. The summed E-state index contributed by atoms with van der Waals surface area (Å²) >= 11 is 0. The zero-order valence-electron chi connectivity index (χ0n) is 9.29. The van der Waals surface area contributed by atoms with Gasteiger partial charge in [-0.3, -0.25) is 14.9 Å². The van der Waals surface area contributed by atoms with Gasteiger partial charge in [-0.2, -0.15) is 0 Å². The summed E-state index contributed by atoms with van der Waals surface area (Å²) in [6.45, 7) is 3.79. The molecule has 0 bridgehead atoms. The first-order valence-corrected chi connectivity index (χ1v) is 4.64. The second-order valence-corrected chi connectivity index (χ2v) is 3.48. The number of carboxylic acids is 1. The Morgan fingerprint density at radius 2 is 2.00 bits per heavy atom. The number of ether oxygens (including phenoxy) is 1. The molecule has 1 unspecified atom stereocenters. The lowest BCUT2D eigenvalue weighted by molar-refractivity contribution is -0.146. The molecule has 0 aromatic heterocycles. The zero-order chi connectivity index (χ0) is 11.9. The first-order chi connectivity index (χ1) is 6.92. The molecule has 88 valence electrons. The zero-order valence-corrected chi connectivity index (χ0v) is 9.29. The molecule has 0 heterocycles. The van der Waals surface area contributed by atoms with Gasteiger partial charge in [-0.25, -0.2) is 0 Å². The third-order valence-electron chi connectivity index (χ3n) is 1.92. The molecule has 6 heteroatoms. The molecule has 0 aliphatic rings. The molecule has 6 nitrogen and oxygen atoms in total. The molecule has 0 rings (SSSR count). The number of carbonyl (C=O) groups excluding carboxylic acids is 1. The molecule has 1 amide bonds. The molecular weight excluding hydrogens is 200 g/mol. The van der Waals surface area contributed by atoms with Crippen LogP contribution in [0.5, 0.6) is 0 Å². The molecule has 0 fully saturated rings. The van der Waals surface area contributed by atoms with Gasteiger partial charge in [-0.05, 0) is 6.92 Å². The Kier molecular flexibility index (Phi) is 5.88. The predicted molar refractivity (Wildman–Crippen MR) is 54.6 cm³/mol. The van der Waals surface area contributed by atoms with E-state index in [0.717, 1.165) is 0 Å². The smallest absolute Gasteiger partial charge is 0.326 e. The van der Waals surface area contributed by atoms with E-state index in [2.05, 4.69) is 10.6 Å². The average molecular weight is 218 g/mol. The fraction of sp³-hybridized carbons (Fsp3) is 0.778. The maximum Gasteiger partial charge on any atom is 0.326 e. The van der Waals surface area contributed by atoms with Crippen molar-refractivity contribution in [1.29, 1.82) is 0 Å². The van der Waals surface area contributed by atoms with E-state index in [4.69, 9.17) is 9.84 Å². The highest BCUT2D eigenvalue weighted by Crippen LogP contribution is 2.03. The number of aliphatic carboxylic acids is 1. The highest BCUT2D eigenvalue weighted by molar-refractivity contribution is 5.78. The molecular formula is C9H18N2O4. The number of amides is 1. The molecule has 0 radical (unpaired) electrons. The van der Waals surface area contributed by atoms with E-state index in [-0.39, 0.29) is 12.5 Å². The molecule has 15 heavy (non-hydrogen) atoms. The minimum Gasteiger partial charge on any atom is -0.480 e. The Hall–Kier alpha value is -1.14. The van der Waals surface area contributed by atoms with Crippen LogP contribution in [0.2, 0.25) is 0 Å². The molecule has 0 saturated carbocycles. The standard InChI is InChI=1S/C9H18N2O4/c1-7(12)10-4-5-11-9(2,6-15-3)8(13)14/h11H,4-6H2,1-3H3,(H,10,12)(H,13,14). The monoisotopic (exact) mass is 218 g/mol. The normalized spacial score (nSPS) is 14.3. The van der Waals surface area contributed by atoms with E-state index < -0.39 is 11.5 Å². The van der Waals surface area contributed by atoms with Crippen LogP contribution >= 0.6 is 0 Å². The number of nitrogens with one attached hydrogen (secondary N) is 2. The van der Waals surface area contributed by atoms with Crippen LogP contribution in [0.4, 0.5) is 0 Å². The highest BCUT2D eigenvalue weighted by Gasteiger charge is 2.32. The summed E-state index contributed by atoms with van der Waals surface area (Å²) in [5, 5.41) is 14.3. The molecule has 1 atom stereocenters. The van der Waals surface area contributed by atoms with Crippen molar-refractivity contribution < 1.29 is 19.4 Å². The number of hydrogen-bond donors (Lipinski definition) is 3. The van der Waals surface area contributed by atoms with Crippen molar-refractivity contribution in [3.8, 4) is 0 Å². The second-order valence-electron chi connectivity index (χ2n) is 3.48. The van der Waals surface area contributed by atoms with E-state index in [0.29, 0.717) is 13.1 Å². The van der Waals surface area contributed by atoms with Crippen LogP contribution in [-0.4, -0.2) is 49.3 Å². The van der Waals surface area contributed by atoms with Gasteiger partial charge in [0.2, 0.25) is 5.91 Å². The van der Waals surface area contributed by atoms with E-state index in [1.54, 1.807) is 0 Å². The summed E-state index contributed by atoms with van der Waals surface area (Å²) in [7, 11) is 1.44. The summed E-state index contributed by atoms with van der Waals surface area (Å²) in [5.41, 5.74) is -1.12. The van der Waals surface area contributed by atoms with Crippen LogP contribution < -0.4 is 10.6 Å². The van der Waals surface area contributed by atoms with Gasteiger partial charge in [-0.1, -0.05) is 0 Å². The predicted octanol–water partition coefficient (Wildman–Crippen LogP) is -0.798. The molecule has 0 aromatic carbocycles. The maximum absolute atomic E-state index is 10.9. The van der Waals surface area contributed by atoms with Crippen LogP contribution in [-0.2, 0) is 14.3 Å². The van der Waals surface area contributed by atoms with Gasteiger partial charge >= 0.3 is 5.97 Å². The van der Waals surface area contributed by atoms with Gasteiger partial charge in [0.15, 0.2) is 0 Å². The fourth-order valence-electron chi connectivity index (χ4n) is 1.05. The molecule has 0 aliphatic carbocycles. The van der Waals surface area contributed by atoms with Crippen LogP contribution in [0.1, 0.15) is 13.8 Å². The largest absolute Gasteiger partial charge is 0.480 e. The van der Waals surface area contributed by atoms with Crippen molar-refractivity contribution in [3.63, 3.8) is 0 Å². The van der Waals surface area contributed by atoms with E-state index >= 15 is 0 Å². The molecule has 3 N–H and O–H groups in total. The number of rotatable bonds is 7. The summed E-state index contributed by atoms with van der Waals surface area (Å²) in [5.74, 6) is -1.12. The Balaban J connectivity index is 3.97. The third-order valence-corrected chi connectivity index (χ3v) is 1.92. The topological polar surface area (TPSA) is 87.7 Å². The van der Waals surface area contributed by atoms with Gasteiger partial charge in [0.05, 0.1) is 6.61 Å². The van der Waals surface area contributed by atoms with Gasteiger partial charge in [0.1, 0.15) is 5.54 Å². The van der Waals surface area contributed by atoms with Crippen molar-refractivity contribution >= 4 is 11.9 Å². The van der Waals surface area contributed by atoms with Gasteiger partial charge < -0.3 is 15.2 Å². The Morgan fingerprint density at radius 3 is 2.40 bits per heavy atom. The third kappa shape index (κ3) is 5.34. The molecule has 0 saturated heterocycles. The lowest BCUT2D eigenvalue weighted by atomic mass is 10.0. The minimum atomic E-state index is -1.12. The first-order valence-electron chi connectivity index (χ1n) is 4.64. The van der Waals surface area contributed by atoms with Crippen molar-refractivity contribution in [3.05, 3.63) is 0 Å². The second kappa shape index (κ2) is 6.36. The van der Waals surface area contributed by atoms with Crippen molar-refractivity contribution in [2.75, 3.05) is 26.8 Å². The highest BCUT2D eigenvalue weighted by atomic mass is 16.5. The van der Waals surface area contributed by atoms with Crippen LogP contribution in [0.15, 0.2) is 0 Å². The summed E-state index contributed by atoms with van der Waals surface area (Å²) in [6, 6.07) is 0. The quantitative estimate of drug-likeness (QED) is 0.487. The van der Waals surface area contributed by atoms with Crippen molar-refractivity contribution in [1.82, 2.24) is 10.6 Å². The average Bonchev–Trinajstić information content (AvgIpc) is 2.12. The van der Waals surface area contributed by atoms with Crippen molar-refractivity contribution in [2.45, 2.75) is 19.4 Å². The number of carboxylic acid groups (broad SMARTS) is 1. The molecule has 0 aromatic rings. The fourth-order valence-corrected chi connectivity index (χ4v) is 1.05. The van der Waals surface area contributed by atoms with Crippen LogP contribution in [0, 0.1) is 0 Å². The molecule has 0 spiro atoms. The summed E-state index contributed by atoms with van der Waals surface area (Å²) in [4.78, 5) is 21.5. The summed E-state index contributed by atoms with van der Waals surface area (Å²) < 4.78 is 4.82. The van der Waals surface area contributed by atoms with Gasteiger partial charge in [0, 0.05) is 27.1 Å². The van der Waals surface area contributed by atoms with Gasteiger partial charge in [-0.15, -0.1) is 0 Å². The number of methoxy groups -OCH3 is 1. The molecule has 0 aliphatic heterocycles. The van der Waals surface area contributed by atoms with E-state index in [1.165, 1.54) is 21.0 Å². The SMILES string of the molecule is COCC(C)(NCCNC(C)=O)C(=O)O. The van der Waals surface area contributed by atoms with Crippen LogP contribution in [0.3, 0.4) is 0 Å². The van der Waals surface area contributed by atoms with Gasteiger partial charge in [0.25, 0.3) is 0 Å². The summed E-state index contributed by atoms with van der Waals surface area (Å²) in [6.07, 6.45) is 0. The Morgan fingerprint density at radius 1 is 1.40 bits per heavy atom. The number of hydrogen-bond acceptors (Lipinski definition) is 4. The van der Waals surface area contributed by atoms with E-state index in [9.17, 15) is 9.59 Å².